The number of nitrogens with one attached hydrogen (secondary N) is 1. The molecule has 0 saturated heterocycles. The number of carbonyl (C=O) groups is 1. The Kier molecular flexibility index (Phi) is 5.71. The summed E-state index contributed by atoms with van der Waals surface area (Å²) >= 11 is 0. The molecule has 0 saturated carbocycles. The zero-order valence-electron chi connectivity index (χ0n) is 15.2. The first-order valence-electron chi connectivity index (χ1n) is 8.07. The van der Waals surface area contributed by atoms with Crippen LogP contribution in [0.3, 0.4) is 0 Å². The first-order valence-corrected chi connectivity index (χ1v) is 10.0. The molecule has 0 unspecified atom stereocenters. The van der Waals surface area contributed by atoms with E-state index in [1.165, 1.54) is 13.2 Å². The van der Waals surface area contributed by atoms with Gasteiger partial charge in [0.05, 0.1) is 7.11 Å². The van der Waals surface area contributed by atoms with Crippen molar-refractivity contribution in [2.24, 2.45) is 0 Å². The molecule has 0 aliphatic heterocycles. The Morgan fingerprint density at radius 2 is 1.72 bits per heavy atom. The van der Waals surface area contributed by atoms with Gasteiger partial charge in [0.2, 0.25) is 5.91 Å². The van der Waals surface area contributed by atoms with Crippen molar-refractivity contribution in [3.8, 4) is 11.5 Å². The third-order valence-corrected chi connectivity index (χ3v) is 4.70. The predicted octanol–water partition coefficient (Wildman–Crippen LogP) is 6.57. The van der Waals surface area contributed by atoms with Crippen molar-refractivity contribution in [1.29, 1.82) is 0 Å². The van der Waals surface area contributed by atoms with E-state index in [1.807, 2.05) is 0 Å². The van der Waals surface area contributed by atoms with Crippen molar-refractivity contribution in [2.45, 2.75) is 4.90 Å². The Hall–Kier alpha value is -3.01. The second kappa shape index (κ2) is 7.43. The third kappa shape index (κ3) is 6.53. The predicted molar refractivity (Wildman–Crippen MR) is 104 cm³/mol. The number of methoxy groups -OCH3 is 1. The van der Waals surface area contributed by atoms with E-state index in [1.54, 1.807) is 24.3 Å². The van der Waals surface area contributed by atoms with Crippen molar-refractivity contribution < 1.29 is 33.7 Å². The van der Waals surface area contributed by atoms with Crippen molar-refractivity contribution in [3.63, 3.8) is 0 Å². The summed E-state index contributed by atoms with van der Waals surface area (Å²) in [5.74, 6) is 0.259. The van der Waals surface area contributed by atoms with Crippen molar-refractivity contribution in [3.05, 3.63) is 66.8 Å². The molecule has 0 radical (unpaired) electrons. The maximum absolute atomic E-state index is 12.7. The van der Waals surface area contributed by atoms with Crippen molar-refractivity contribution in [1.82, 2.24) is 0 Å². The summed E-state index contributed by atoms with van der Waals surface area (Å²) in [6.07, 6.45) is 4.15. The Morgan fingerprint density at radius 3 is 2.28 bits per heavy atom. The van der Waals surface area contributed by atoms with Gasteiger partial charge in [0.25, 0.3) is 0 Å². The third-order valence-electron chi connectivity index (χ3n) is 3.54. The highest BCUT2D eigenvalue weighted by Crippen LogP contribution is 3.02. The molecule has 1 N–H and O–H groups in total. The maximum Gasteiger partial charge on any atom is 0.310 e. The van der Waals surface area contributed by atoms with Crippen LogP contribution in [0.2, 0.25) is 0 Å². The van der Waals surface area contributed by atoms with Crippen molar-refractivity contribution >= 4 is 27.9 Å². The van der Waals surface area contributed by atoms with Crippen LogP contribution < -0.4 is 14.8 Å². The van der Waals surface area contributed by atoms with E-state index in [4.69, 9.17) is 9.47 Å². The Morgan fingerprint density at radius 1 is 1.07 bits per heavy atom. The first-order chi connectivity index (χ1) is 13.3. The number of amides is 1. The summed E-state index contributed by atoms with van der Waals surface area (Å²) in [7, 11) is -8.29. The SMILES string of the molecule is C=CCOc1ccc(C=CC(=O)Nc2ccc(S(F)(F)(F)(F)F)cc2)cc1OC. The summed E-state index contributed by atoms with van der Waals surface area (Å²) in [5, 5.41) is 2.29. The molecule has 158 valence electrons. The topological polar surface area (TPSA) is 47.6 Å². The fraction of sp³-hybridized carbons (Fsp3) is 0.105. The van der Waals surface area contributed by atoms with E-state index in [-0.39, 0.29) is 24.4 Å². The molecule has 10 heteroatoms. The zero-order chi connectivity index (χ0) is 21.8. The second-order valence-electron chi connectivity index (χ2n) is 5.83. The van der Waals surface area contributed by atoms with Gasteiger partial charge in [-0.05, 0) is 48.0 Å². The molecule has 2 aromatic rings. The maximum atomic E-state index is 12.7. The molecular weight excluding hydrogens is 417 g/mol. The number of rotatable bonds is 8. The average molecular weight is 435 g/mol. The number of carbonyl (C=O) groups excluding carboxylic acids is 1. The van der Waals surface area contributed by atoms with E-state index in [0.717, 1.165) is 18.2 Å². The molecule has 4 nitrogen and oxygen atoms in total. The summed E-state index contributed by atoms with van der Waals surface area (Å²) < 4.78 is 74.0. The smallest absolute Gasteiger partial charge is 0.310 e. The number of ether oxygens (including phenoxy) is 2. The molecule has 0 fully saturated rings. The summed E-state index contributed by atoms with van der Waals surface area (Å²) in [6.45, 7) is 3.83. The molecule has 0 aromatic heterocycles. The minimum absolute atomic E-state index is 0.0593. The van der Waals surface area contributed by atoms with E-state index in [9.17, 15) is 24.2 Å². The monoisotopic (exact) mass is 435 g/mol. The Bertz CT molecular complexity index is 941. The molecule has 2 aromatic carbocycles. The Balaban J connectivity index is 2.07. The number of hydrogen-bond donors (Lipinski definition) is 1. The molecule has 0 aliphatic carbocycles. The molecule has 2 rings (SSSR count). The fourth-order valence-corrected chi connectivity index (χ4v) is 2.86. The highest BCUT2D eigenvalue weighted by atomic mass is 32.5. The first kappa shape index (κ1) is 22.3. The van der Waals surface area contributed by atoms with Crippen LogP contribution in [-0.2, 0) is 4.79 Å². The quantitative estimate of drug-likeness (QED) is 0.290. The van der Waals surface area contributed by atoms with Gasteiger partial charge >= 0.3 is 10.2 Å². The lowest BCUT2D eigenvalue weighted by Crippen LogP contribution is -2.09. The number of halogens is 5. The standard InChI is InChI=1S/C19H18F5NO3S/c1-3-12-28-17-10-4-14(13-18(17)27-2)5-11-19(26)25-15-6-8-16(9-7-15)29(20,21,22,23)24/h3-11,13H,1,12H2,2H3,(H,25,26). The molecular formula is C19H18F5NO3S. The van der Waals surface area contributed by atoms with Crippen LogP contribution in [0.15, 0.2) is 66.1 Å². The van der Waals surface area contributed by atoms with Crippen LogP contribution >= 0.6 is 10.2 Å². The lowest BCUT2D eigenvalue weighted by atomic mass is 10.2. The van der Waals surface area contributed by atoms with Crippen LogP contribution in [0.25, 0.3) is 6.08 Å². The summed E-state index contributed by atoms with van der Waals surface area (Å²) in [6, 6.07) is 6.89. The van der Waals surface area contributed by atoms with Gasteiger partial charge in [0, 0.05) is 11.8 Å². The summed E-state index contributed by atoms with van der Waals surface area (Å²) in [5.41, 5.74) is 0.537. The largest absolute Gasteiger partial charge is 0.493 e. The minimum atomic E-state index is -9.74. The molecule has 1 amide bonds. The fourth-order valence-electron chi connectivity index (χ4n) is 2.21. The van der Waals surface area contributed by atoms with Gasteiger partial charge in [-0.15, -0.1) is 0 Å². The summed E-state index contributed by atoms with van der Waals surface area (Å²) in [4.78, 5) is 9.90. The number of benzene rings is 2. The molecule has 0 aliphatic rings. The molecule has 0 bridgehead atoms. The highest BCUT2D eigenvalue weighted by Gasteiger charge is 2.65. The van der Waals surface area contributed by atoms with Crippen LogP contribution in [-0.4, -0.2) is 19.6 Å². The van der Waals surface area contributed by atoms with Gasteiger partial charge in [0.1, 0.15) is 11.5 Å². The van der Waals surface area contributed by atoms with Gasteiger partial charge in [0.15, 0.2) is 11.5 Å². The minimum Gasteiger partial charge on any atom is -0.493 e. The van der Waals surface area contributed by atoms with Crippen LogP contribution in [0.5, 0.6) is 11.5 Å². The molecule has 29 heavy (non-hydrogen) atoms. The van der Waals surface area contributed by atoms with Gasteiger partial charge in [-0.2, -0.15) is 0 Å². The van der Waals surface area contributed by atoms with Gasteiger partial charge in [-0.1, -0.05) is 38.2 Å². The van der Waals surface area contributed by atoms with Gasteiger partial charge < -0.3 is 14.8 Å². The normalized spacial score (nSPS) is 14.0. The number of anilines is 1. The Labute approximate surface area is 164 Å². The molecule has 0 atom stereocenters. The lowest BCUT2D eigenvalue weighted by molar-refractivity contribution is -0.111. The number of hydrogen-bond acceptors (Lipinski definition) is 3. The van der Waals surface area contributed by atoms with Crippen LogP contribution in [0.1, 0.15) is 5.56 Å². The van der Waals surface area contributed by atoms with Crippen molar-refractivity contribution in [2.75, 3.05) is 19.0 Å². The van der Waals surface area contributed by atoms with E-state index < -0.39 is 21.0 Å². The molecule has 0 heterocycles. The second-order valence-corrected chi connectivity index (χ2v) is 8.24. The van der Waals surface area contributed by atoms with E-state index in [2.05, 4.69) is 11.9 Å². The van der Waals surface area contributed by atoms with Gasteiger partial charge in [-0.3, -0.25) is 4.79 Å². The van der Waals surface area contributed by atoms with E-state index in [0.29, 0.717) is 17.1 Å². The zero-order valence-corrected chi connectivity index (χ0v) is 16.0. The average Bonchev–Trinajstić information content (AvgIpc) is 2.63. The van der Waals surface area contributed by atoms with Crippen LogP contribution in [0.4, 0.5) is 25.1 Å². The van der Waals surface area contributed by atoms with Crippen LogP contribution in [0, 0.1) is 0 Å². The molecule has 0 spiro atoms. The lowest BCUT2D eigenvalue weighted by Gasteiger charge is -2.40. The van der Waals surface area contributed by atoms with Gasteiger partial charge in [-0.25, -0.2) is 0 Å². The van der Waals surface area contributed by atoms with E-state index >= 15 is 0 Å². The highest BCUT2D eigenvalue weighted by molar-refractivity contribution is 8.45.